The predicted octanol–water partition coefficient (Wildman–Crippen LogP) is 2.02. The van der Waals surface area contributed by atoms with Crippen molar-refractivity contribution in [2.24, 2.45) is 0 Å². The van der Waals surface area contributed by atoms with Crippen molar-refractivity contribution in [1.29, 1.82) is 0 Å². The van der Waals surface area contributed by atoms with Crippen molar-refractivity contribution in [2.45, 2.75) is 20.3 Å². The smallest absolute Gasteiger partial charge is 0.381 e. The van der Waals surface area contributed by atoms with Crippen molar-refractivity contribution < 1.29 is 23.9 Å². The van der Waals surface area contributed by atoms with Gasteiger partial charge < -0.3 is 14.5 Å². The van der Waals surface area contributed by atoms with Gasteiger partial charge in [0, 0.05) is 24.2 Å². The number of ketones is 1. The molecule has 22 heavy (non-hydrogen) atoms. The number of carbonyl (C=O) groups is 3. The first-order valence-corrected chi connectivity index (χ1v) is 6.99. The summed E-state index contributed by atoms with van der Waals surface area (Å²) in [5.41, 5.74) is 1.58. The lowest BCUT2D eigenvalue weighted by Gasteiger charge is -2.05. The predicted molar refractivity (Wildman–Crippen MR) is 79.6 cm³/mol. The monoisotopic (exact) mass is 303 g/mol. The van der Waals surface area contributed by atoms with E-state index in [-0.39, 0.29) is 18.9 Å². The molecule has 0 aliphatic heterocycles. The summed E-state index contributed by atoms with van der Waals surface area (Å²) in [4.78, 5) is 37.7. The summed E-state index contributed by atoms with van der Waals surface area (Å²) in [7, 11) is 0. The van der Waals surface area contributed by atoms with Crippen molar-refractivity contribution in [3.63, 3.8) is 0 Å². The van der Waals surface area contributed by atoms with Crippen molar-refractivity contribution in [3.8, 4) is 0 Å². The minimum Gasteiger partial charge on any atom is -0.466 e. The van der Waals surface area contributed by atoms with Gasteiger partial charge in [-0.2, -0.15) is 0 Å². The fraction of sp³-hybridized carbons (Fsp3) is 0.312. The highest BCUT2D eigenvalue weighted by atomic mass is 16.5. The fourth-order valence-electron chi connectivity index (χ4n) is 2.25. The number of nitrogens with one attached hydrogen (secondary N) is 1. The van der Waals surface area contributed by atoms with Gasteiger partial charge in [0.2, 0.25) is 0 Å². The molecule has 0 saturated heterocycles. The van der Waals surface area contributed by atoms with Gasteiger partial charge in [-0.3, -0.25) is 9.59 Å². The number of hydrogen-bond acceptors (Lipinski definition) is 5. The summed E-state index contributed by atoms with van der Waals surface area (Å²) in [6, 6.07) is 7.32. The van der Waals surface area contributed by atoms with Gasteiger partial charge in [-0.1, -0.05) is 18.2 Å². The van der Waals surface area contributed by atoms with E-state index in [1.54, 1.807) is 6.92 Å². The molecule has 0 spiro atoms. The second-order valence-electron chi connectivity index (χ2n) is 4.66. The molecule has 0 radical (unpaired) electrons. The van der Waals surface area contributed by atoms with Crippen LogP contribution in [0.5, 0.6) is 0 Å². The van der Waals surface area contributed by atoms with Crippen LogP contribution in [-0.2, 0) is 25.5 Å². The lowest BCUT2D eigenvalue weighted by Crippen LogP contribution is -2.19. The highest BCUT2D eigenvalue weighted by molar-refractivity contribution is 6.41. The molecular weight excluding hydrogens is 286 g/mol. The molecule has 1 aromatic heterocycles. The largest absolute Gasteiger partial charge is 0.466 e. The summed E-state index contributed by atoms with van der Waals surface area (Å²) < 4.78 is 9.68. The zero-order valence-electron chi connectivity index (χ0n) is 12.5. The molecule has 2 aromatic rings. The van der Waals surface area contributed by atoms with Crippen LogP contribution >= 0.6 is 0 Å². The number of hydrogen-bond donors (Lipinski definition) is 1. The van der Waals surface area contributed by atoms with Gasteiger partial charge >= 0.3 is 11.9 Å². The molecule has 0 atom stereocenters. The Morgan fingerprint density at radius 1 is 1.14 bits per heavy atom. The van der Waals surface area contributed by atoms with Crippen LogP contribution in [0.2, 0.25) is 0 Å². The summed E-state index contributed by atoms with van der Waals surface area (Å²) in [6.07, 6.45) is 0.337. The summed E-state index contributed by atoms with van der Waals surface area (Å²) >= 11 is 0. The van der Waals surface area contributed by atoms with Crippen LogP contribution in [0.15, 0.2) is 24.3 Å². The summed E-state index contributed by atoms with van der Waals surface area (Å²) in [5.74, 6) is -2.02. The molecule has 0 saturated carbocycles. The second-order valence-corrected chi connectivity index (χ2v) is 4.66. The lowest BCUT2D eigenvalue weighted by molar-refractivity contribution is -0.141. The van der Waals surface area contributed by atoms with Gasteiger partial charge in [0.25, 0.3) is 5.78 Å². The van der Waals surface area contributed by atoms with Crippen LogP contribution in [0.4, 0.5) is 0 Å². The minimum atomic E-state index is -0.900. The van der Waals surface area contributed by atoms with Gasteiger partial charge in [0.1, 0.15) is 0 Å². The van der Waals surface area contributed by atoms with Crippen molar-refractivity contribution in [2.75, 3.05) is 13.2 Å². The first-order chi connectivity index (χ1) is 10.5. The Hall–Kier alpha value is -2.63. The van der Waals surface area contributed by atoms with Crippen molar-refractivity contribution in [3.05, 3.63) is 35.5 Å². The van der Waals surface area contributed by atoms with E-state index < -0.39 is 17.7 Å². The van der Waals surface area contributed by atoms with E-state index >= 15 is 0 Å². The Balaban J connectivity index is 2.37. The van der Waals surface area contributed by atoms with E-state index in [9.17, 15) is 14.4 Å². The van der Waals surface area contributed by atoms with E-state index in [2.05, 4.69) is 4.98 Å². The van der Waals surface area contributed by atoms with Gasteiger partial charge in [-0.15, -0.1) is 0 Å². The number of benzene rings is 1. The maximum Gasteiger partial charge on any atom is 0.381 e. The van der Waals surface area contributed by atoms with E-state index in [1.165, 1.54) is 6.92 Å². The third kappa shape index (κ3) is 3.33. The number of aromatic amines is 1. The fourth-order valence-corrected chi connectivity index (χ4v) is 2.25. The highest BCUT2D eigenvalue weighted by Crippen LogP contribution is 2.23. The molecule has 6 heteroatoms. The second kappa shape index (κ2) is 6.89. The van der Waals surface area contributed by atoms with Crippen LogP contribution < -0.4 is 0 Å². The van der Waals surface area contributed by atoms with E-state index in [0.29, 0.717) is 12.0 Å². The quantitative estimate of drug-likeness (QED) is 0.501. The van der Waals surface area contributed by atoms with Crippen LogP contribution in [0.1, 0.15) is 29.9 Å². The molecule has 2 rings (SSSR count). The van der Waals surface area contributed by atoms with Gasteiger partial charge in [0.15, 0.2) is 0 Å². The maximum atomic E-state index is 12.2. The van der Waals surface area contributed by atoms with Crippen molar-refractivity contribution >= 4 is 28.6 Å². The molecule has 0 fully saturated rings. The number of rotatable bonds is 6. The number of esters is 2. The molecule has 1 heterocycles. The third-order valence-electron chi connectivity index (χ3n) is 3.16. The molecule has 6 nitrogen and oxygen atoms in total. The van der Waals surface area contributed by atoms with Crippen LogP contribution in [0, 0.1) is 0 Å². The van der Waals surface area contributed by atoms with E-state index in [1.807, 2.05) is 24.3 Å². The number of aromatic nitrogens is 1. The van der Waals surface area contributed by atoms with E-state index in [4.69, 9.17) is 9.47 Å². The van der Waals surface area contributed by atoms with Crippen molar-refractivity contribution in [1.82, 2.24) is 4.98 Å². The molecule has 0 amide bonds. The Kier molecular flexibility index (Phi) is 4.93. The average Bonchev–Trinajstić information content (AvgIpc) is 2.85. The Bertz CT molecular complexity index is 716. The molecule has 1 aromatic carbocycles. The number of carbonyl (C=O) groups excluding carboxylic acids is 3. The molecule has 116 valence electrons. The molecule has 0 unspecified atom stereocenters. The number of para-hydroxylation sites is 1. The normalized spacial score (nSPS) is 10.5. The Morgan fingerprint density at radius 2 is 1.86 bits per heavy atom. The minimum absolute atomic E-state index is 0.133. The Labute approximate surface area is 127 Å². The van der Waals surface area contributed by atoms with E-state index in [0.717, 1.165) is 10.9 Å². The molecule has 1 N–H and O–H groups in total. The Morgan fingerprint density at radius 3 is 2.55 bits per heavy atom. The molecule has 0 aliphatic carbocycles. The number of ether oxygens (including phenoxy) is 2. The maximum absolute atomic E-state index is 12.2. The van der Waals surface area contributed by atoms with Gasteiger partial charge in [-0.25, -0.2) is 4.79 Å². The highest BCUT2D eigenvalue weighted by Gasteiger charge is 2.24. The molecule has 0 aliphatic rings. The van der Waals surface area contributed by atoms with Gasteiger partial charge in [0.05, 0.1) is 18.9 Å². The van der Waals surface area contributed by atoms with Gasteiger partial charge in [-0.05, 0) is 18.6 Å². The lowest BCUT2D eigenvalue weighted by atomic mass is 10.1. The summed E-state index contributed by atoms with van der Waals surface area (Å²) in [6.45, 7) is 3.23. The summed E-state index contributed by atoms with van der Waals surface area (Å²) in [5, 5.41) is 0.822. The SMILES string of the molecule is CCOC(=O)C(=O)c1[nH]c2ccccc2c1CCOC(C)=O. The molecular formula is C16H17NO5. The first kappa shape index (κ1) is 15.8. The zero-order chi connectivity index (χ0) is 16.1. The number of H-pyrrole nitrogens is 1. The third-order valence-corrected chi connectivity index (χ3v) is 3.16. The van der Waals surface area contributed by atoms with Crippen LogP contribution in [0.25, 0.3) is 10.9 Å². The standard InChI is InChI=1S/C16H17NO5/c1-3-21-16(20)15(19)14-12(8-9-22-10(2)18)11-6-4-5-7-13(11)17-14/h4-7,17H,3,8-9H2,1-2H3. The number of fused-ring (bicyclic) bond motifs is 1. The number of Topliss-reactive ketones (excluding diaryl/α,β-unsaturated/α-hetero) is 1. The topological polar surface area (TPSA) is 85.5 Å². The molecule has 0 bridgehead atoms. The van der Waals surface area contributed by atoms with Crippen LogP contribution in [0.3, 0.4) is 0 Å². The zero-order valence-corrected chi connectivity index (χ0v) is 12.5. The first-order valence-electron chi connectivity index (χ1n) is 6.99. The average molecular weight is 303 g/mol. The van der Waals surface area contributed by atoms with Crippen LogP contribution in [-0.4, -0.2) is 35.9 Å².